The molecule has 0 amide bonds. The van der Waals surface area contributed by atoms with Gasteiger partial charge in [-0.25, -0.2) is 4.79 Å². The molecule has 0 spiro atoms. The molecular formula is C18H28O5S2. The number of aliphatic hydroxyl groups is 2. The van der Waals surface area contributed by atoms with Gasteiger partial charge in [-0.15, -0.1) is 11.8 Å². The van der Waals surface area contributed by atoms with Crippen LogP contribution in [0.2, 0.25) is 0 Å². The van der Waals surface area contributed by atoms with Crippen molar-refractivity contribution in [3.05, 3.63) is 24.3 Å². The highest BCUT2D eigenvalue weighted by Crippen LogP contribution is 2.34. The third-order valence-electron chi connectivity index (χ3n) is 3.88. The number of aliphatic carboxylic acids is 1. The van der Waals surface area contributed by atoms with Gasteiger partial charge < -0.3 is 15.3 Å². The van der Waals surface area contributed by atoms with Gasteiger partial charge in [0.1, 0.15) is 5.78 Å². The Balaban J connectivity index is 2.30. The largest absolute Gasteiger partial charge is 0.477 e. The van der Waals surface area contributed by atoms with Gasteiger partial charge in [-0.05, 0) is 49.5 Å². The Morgan fingerprint density at radius 2 is 1.96 bits per heavy atom. The number of hydrogen-bond donors (Lipinski definition) is 3. The maximum atomic E-state index is 12.0. The van der Waals surface area contributed by atoms with Crippen LogP contribution in [-0.4, -0.2) is 48.9 Å². The Labute approximate surface area is 158 Å². The van der Waals surface area contributed by atoms with E-state index in [2.05, 4.69) is 31.2 Å². The molecule has 2 atom stereocenters. The fourth-order valence-corrected chi connectivity index (χ4v) is 4.77. The monoisotopic (exact) mass is 388 g/mol. The van der Waals surface area contributed by atoms with E-state index in [0.29, 0.717) is 36.1 Å². The zero-order chi connectivity index (χ0) is 18.7. The van der Waals surface area contributed by atoms with E-state index in [4.69, 9.17) is 5.11 Å². The minimum atomic E-state index is -2.73. The summed E-state index contributed by atoms with van der Waals surface area (Å²) in [5, 5.41) is 24.3. The van der Waals surface area contributed by atoms with Gasteiger partial charge in [0.15, 0.2) is 0 Å². The second-order valence-corrected chi connectivity index (χ2v) is 8.48. The van der Waals surface area contributed by atoms with Crippen molar-refractivity contribution >= 4 is 35.3 Å². The summed E-state index contributed by atoms with van der Waals surface area (Å²) in [5.74, 6) is -0.0910. The summed E-state index contributed by atoms with van der Waals surface area (Å²) >= 11 is 2.18. The van der Waals surface area contributed by atoms with Crippen molar-refractivity contribution in [1.82, 2.24) is 0 Å². The number of hydrogen-bond acceptors (Lipinski definition) is 6. The molecular weight excluding hydrogens is 360 g/mol. The minimum Gasteiger partial charge on any atom is -0.477 e. The number of carbonyl (C=O) groups is 2. The maximum absolute atomic E-state index is 12.0. The van der Waals surface area contributed by atoms with Crippen molar-refractivity contribution in [3.8, 4) is 0 Å². The summed E-state index contributed by atoms with van der Waals surface area (Å²) in [4.78, 5) is 22.6. The summed E-state index contributed by atoms with van der Waals surface area (Å²) in [6.45, 7) is 2.11. The molecule has 25 heavy (non-hydrogen) atoms. The maximum Gasteiger partial charge on any atom is 0.375 e. The summed E-state index contributed by atoms with van der Waals surface area (Å²) in [6.07, 6.45) is 13.8. The lowest BCUT2D eigenvalue weighted by Crippen LogP contribution is -2.34. The normalized spacial score (nSPS) is 21.6. The molecule has 5 nitrogen and oxygen atoms in total. The van der Waals surface area contributed by atoms with E-state index >= 15 is 0 Å². The van der Waals surface area contributed by atoms with Gasteiger partial charge in [-0.1, -0.05) is 43.0 Å². The second-order valence-electron chi connectivity index (χ2n) is 5.96. The van der Waals surface area contributed by atoms with Crippen LogP contribution in [0.15, 0.2) is 24.3 Å². The first-order valence-electron chi connectivity index (χ1n) is 8.66. The Hall–Kier alpha value is -0.760. The molecule has 0 bridgehead atoms. The average molecular weight is 389 g/mol. The molecule has 0 radical (unpaired) electrons. The molecule has 1 saturated carbocycles. The first-order valence-corrected chi connectivity index (χ1v) is 10.7. The standard InChI is InChI=1S/C18H28O5S2/c1-2-3-4-5-6-7-9-14-10-11-15(19)16(14)24-12-8-13-25-18(22,23)17(20)21/h3-4,7,9,14,16,22-23H,2,5-6,8,10-13H2,1H3,(H,20,21)/t14-,16+/m0/s1. The number of unbranched alkanes of at least 4 members (excludes halogenated alkanes) is 1. The van der Waals surface area contributed by atoms with Crippen LogP contribution >= 0.6 is 23.5 Å². The third kappa shape index (κ3) is 8.44. The van der Waals surface area contributed by atoms with Gasteiger partial charge in [0.05, 0.1) is 5.25 Å². The quantitative estimate of drug-likeness (QED) is 0.268. The summed E-state index contributed by atoms with van der Waals surface area (Å²) in [5.41, 5.74) is 0. The molecule has 0 saturated heterocycles. The van der Waals surface area contributed by atoms with Gasteiger partial charge in [-0.2, -0.15) is 0 Å². The lowest BCUT2D eigenvalue weighted by atomic mass is 10.1. The van der Waals surface area contributed by atoms with Crippen molar-refractivity contribution in [2.45, 2.75) is 55.8 Å². The predicted octanol–water partition coefficient (Wildman–Crippen LogP) is 3.22. The molecule has 7 heteroatoms. The molecule has 0 heterocycles. The number of carbonyl (C=O) groups excluding carboxylic acids is 1. The highest BCUT2D eigenvalue weighted by atomic mass is 32.2. The van der Waals surface area contributed by atoms with E-state index in [0.717, 1.165) is 25.7 Å². The molecule has 1 aliphatic carbocycles. The molecule has 1 rings (SSSR count). The van der Waals surface area contributed by atoms with Crippen LogP contribution in [0.3, 0.4) is 0 Å². The second kappa shape index (κ2) is 11.8. The Kier molecular flexibility index (Phi) is 10.5. The van der Waals surface area contributed by atoms with Crippen molar-refractivity contribution in [2.75, 3.05) is 11.5 Å². The third-order valence-corrected chi connectivity index (χ3v) is 6.45. The number of Topliss-reactive ketones (excluding diaryl/α,β-unsaturated/α-hetero) is 1. The van der Waals surface area contributed by atoms with Crippen molar-refractivity contribution in [1.29, 1.82) is 0 Å². The van der Waals surface area contributed by atoms with E-state index < -0.39 is 11.1 Å². The lowest BCUT2D eigenvalue weighted by Gasteiger charge is -2.16. The van der Waals surface area contributed by atoms with E-state index in [1.807, 2.05) is 0 Å². The van der Waals surface area contributed by atoms with E-state index in [1.54, 1.807) is 11.8 Å². The number of carboxylic acids is 1. The molecule has 0 unspecified atom stereocenters. The molecule has 1 fully saturated rings. The van der Waals surface area contributed by atoms with Crippen LogP contribution in [-0.2, 0) is 9.59 Å². The van der Waals surface area contributed by atoms with Crippen LogP contribution in [0.1, 0.15) is 45.4 Å². The number of rotatable bonds is 12. The molecule has 1 aliphatic rings. The Morgan fingerprint density at radius 3 is 2.64 bits per heavy atom. The van der Waals surface area contributed by atoms with Crippen LogP contribution in [0.5, 0.6) is 0 Å². The fourth-order valence-electron chi connectivity index (χ4n) is 2.55. The minimum absolute atomic E-state index is 0.0279. The number of carboxylic acid groups (broad SMARTS) is 1. The SMILES string of the molecule is CCC=CCCC=C[C@H]1CCC(=O)[C@@H]1SCCCSC(O)(O)C(=O)O. The predicted molar refractivity (Wildman–Crippen MR) is 104 cm³/mol. The van der Waals surface area contributed by atoms with Crippen LogP contribution in [0.4, 0.5) is 0 Å². The van der Waals surface area contributed by atoms with Gasteiger partial charge in [0.25, 0.3) is 0 Å². The molecule has 0 aromatic heterocycles. The molecule has 142 valence electrons. The molecule has 0 aromatic rings. The van der Waals surface area contributed by atoms with Crippen LogP contribution < -0.4 is 0 Å². The van der Waals surface area contributed by atoms with Crippen LogP contribution in [0, 0.1) is 5.92 Å². The lowest BCUT2D eigenvalue weighted by molar-refractivity contribution is -0.174. The summed E-state index contributed by atoms with van der Waals surface area (Å²) in [6, 6.07) is 0. The number of thioether (sulfide) groups is 2. The van der Waals surface area contributed by atoms with Crippen LogP contribution in [0.25, 0.3) is 0 Å². The first-order chi connectivity index (χ1) is 11.9. The number of allylic oxidation sites excluding steroid dienone is 4. The highest BCUT2D eigenvalue weighted by molar-refractivity contribution is 8.01. The average Bonchev–Trinajstić information content (AvgIpc) is 2.90. The zero-order valence-electron chi connectivity index (χ0n) is 14.6. The van der Waals surface area contributed by atoms with Gasteiger partial charge in [0.2, 0.25) is 0 Å². The van der Waals surface area contributed by atoms with Crippen molar-refractivity contribution in [2.24, 2.45) is 5.92 Å². The van der Waals surface area contributed by atoms with E-state index in [1.165, 1.54) is 0 Å². The number of ketones is 1. The summed E-state index contributed by atoms with van der Waals surface area (Å²) in [7, 11) is 0. The van der Waals surface area contributed by atoms with Gasteiger partial charge >= 0.3 is 11.1 Å². The molecule has 0 aliphatic heterocycles. The topological polar surface area (TPSA) is 94.8 Å². The Morgan fingerprint density at radius 1 is 1.24 bits per heavy atom. The van der Waals surface area contributed by atoms with E-state index in [-0.39, 0.29) is 17.0 Å². The highest BCUT2D eigenvalue weighted by Gasteiger charge is 2.34. The zero-order valence-corrected chi connectivity index (χ0v) is 16.2. The fraction of sp³-hybridized carbons (Fsp3) is 0.667. The first kappa shape index (κ1) is 22.3. The van der Waals surface area contributed by atoms with Crippen molar-refractivity contribution < 1.29 is 24.9 Å². The Bertz CT molecular complexity index is 488. The van der Waals surface area contributed by atoms with Crippen molar-refractivity contribution in [3.63, 3.8) is 0 Å². The van der Waals surface area contributed by atoms with E-state index in [9.17, 15) is 19.8 Å². The van der Waals surface area contributed by atoms with Gasteiger partial charge in [0, 0.05) is 6.42 Å². The molecule has 3 N–H and O–H groups in total. The smallest absolute Gasteiger partial charge is 0.375 e. The summed E-state index contributed by atoms with van der Waals surface area (Å²) < 4.78 is 0. The van der Waals surface area contributed by atoms with Gasteiger partial charge in [-0.3, -0.25) is 4.79 Å². The molecule has 0 aromatic carbocycles.